The summed E-state index contributed by atoms with van der Waals surface area (Å²) in [5, 5.41) is 3.89. The fourth-order valence-corrected chi connectivity index (χ4v) is 5.04. The number of fused-ring (bicyclic) bond motifs is 1. The van der Waals surface area contributed by atoms with Crippen LogP contribution in [0.3, 0.4) is 0 Å². The number of anilines is 1. The molecule has 0 saturated carbocycles. The van der Waals surface area contributed by atoms with Gasteiger partial charge in [0.1, 0.15) is 5.00 Å². The zero-order chi connectivity index (χ0) is 19.6. The molecule has 27 heavy (non-hydrogen) atoms. The summed E-state index contributed by atoms with van der Waals surface area (Å²) >= 11 is 13.7. The van der Waals surface area contributed by atoms with Crippen LogP contribution in [0.5, 0.6) is 0 Å². The molecule has 0 atom stereocenters. The van der Waals surface area contributed by atoms with Gasteiger partial charge in [0, 0.05) is 4.88 Å². The predicted octanol–water partition coefficient (Wildman–Crippen LogP) is 6.14. The minimum atomic E-state index is -0.430. The van der Waals surface area contributed by atoms with Gasteiger partial charge in [0.05, 0.1) is 27.3 Å². The Morgan fingerprint density at radius 1 is 1.07 bits per heavy atom. The van der Waals surface area contributed by atoms with Gasteiger partial charge in [-0.1, -0.05) is 35.7 Å². The van der Waals surface area contributed by atoms with E-state index in [2.05, 4.69) is 5.32 Å². The summed E-state index contributed by atoms with van der Waals surface area (Å²) in [6.45, 7) is 3.62. The number of nitrogens with one attached hydrogen (secondary N) is 1. The van der Waals surface area contributed by atoms with Crippen LogP contribution in [0.2, 0.25) is 10.0 Å². The molecule has 1 amide bonds. The van der Waals surface area contributed by atoms with E-state index in [1.807, 2.05) is 13.8 Å². The SMILES string of the molecule is CC(C)OC(=O)c1c(NC(=O)c2c(Cl)cccc2Cl)sc2c1CCCCC2. The second kappa shape index (κ2) is 8.63. The molecular formula is C20H21Cl2NO3S. The lowest BCUT2D eigenvalue weighted by molar-refractivity contribution is 0.0378. The van der Waals surface area contributed by atoms with E-state index in [-0.39, 0.29) is 21.7 Å². The second-order valence-electron chi connectivity index (χ2n) is 6.77. The minimum absolute atomic E-state index is 0.201. The van der Waals surface area contributed by atoms with Crippen LogP contribution in [0, 0.1) is 0 Å². The Hall–Kier alpha value is -1.56. The van der Waals surface area contributed by atoms with Crippen LogP contribution in [-0.2, 0) is 17.6 Å². The Labute approximate surface area is 172 Å². The lowest BCUT2D eigenvalue weighted by Gasteiger charge is -2.12. The molecule has 1 aromatic carbocycles. The molecular weight excluding hydrogens is 405 g/mol. The molecule has 1 N–H and O–H groups in total. The van der Waals surface area contributed by atoms with E-state index in [4.69, 9.17) is 27.9 Å². The molecule has 1 heterocycles. The lowest BCUT2D eigenvalue weighted by atomic mass is 10.1. The highest BCUT2D eigenvalue weighted by Crippen LogP contribution is 2.39. The standard InChI is InChI=1S/C20H21Cl2NO3S/c1-11(2)26-20(25)16-12-7-4-3-5-10-15(12)27-19(16)23-18(24)17-13(21)8-6-9-14(17)22/h6,8-9,11H,3-5,7,10H2,1-2H3,(H,23,24). The number of benzene rings is 1. The Morgan fingerprint density at radius 3 is 2.41 bits per heavy atom. The molecule has 0 saturated heterocycles. The third-order valence-electron chi connectivity index (χ3n) is 4.39. The number of amides is 1. The van der Waals surface area contributed by atoms with Gasteiger partial charge in [-0.15, -0.1) is 11.3 Å². The van der Waals surface area contributed by atoms with E-state index in [9.17, 15) is 9.59 Å². The molecule has 144 valence electrons. The van der Waals surface area contributed by atoms with Gasteiger partial charge in [0.2, 0.25) is 0 Å². The highest BCUT2D eigenvalue weighted by molar-refractivity contribution is 7.17. The molecule has 0 fully saturated rings. The minimum Gasteiger partial charge on any atom is -0.459 e. The van der Waals surface area contributed by atoms with Gasteiger partial charge in [-0.3, -0.25) is 4.79 Å². The largest absolute Gasteiger partial charge is 0.459 e. The molecule has 0 bridgehead atoms. The van der Waals surface area contributed by atoms with E-state index < -0.39 is 11.9 Å². The third-order valence-corrected chi connectivity index (χ3v) is 6.22. The summed E-state index contributed by atoms with van der Waals surface area (Å²) in [5.74, 6) is -0.828. The summed E-state index contributed by atoms with van der Waals surface area (Å²) < 4.78 is 5.44. The molecule has 7 heteroatoms. The van der Waals surface area contributed by atoms with E-state index in [0.717, 1.165) is 42.5 Å². The van der Waals surface area contributed by atoms with Gasteiger partial charge < -0.3 is 10.1 Å². The number of halogens is 2. The van der Waals surface area contributed by atoms with Crippen molar-refractivity contribution < 1.29 is 14.3 Å². The van der Waals surface area contributed by atoms with Crippen molar-refractivity contribution in [2.24, 2.45) is 0 Å². The highest BCUT2D eigenvalue weighted by Gasteiger charge is 2.28. The maximum Gasteiger partial charge on any atom is 0.341 e. The first-order valence-electron chi connectivity index (χ1n) is 8.99. The van der Waals surface area contributed by atoms with E-state index in [0.29, 0.717) is 10.6 Å². The topological polar surface area (TPSA) is 55.4 Å². The zero-order valence-corrected chi connectivity index (χ0v) is 17.6. The van der Waals surface area contributed by atoms with Crippen molar-refractivity contribution in [1.29, 1.82) is 0 Å². The molecule has 0 aliphatic heterocycles. The van der Waals surface area contributed by atoms with Gasteiger partial charge >= 0.3 is 5.97 Å². The average Bonchev–Trinajstić information content (AvgIpc) is 2.75. The van der Waals surface area contributed by atoms with Crippen LogP contribution in [0.1, 0.15) is 64.3 Å². The number of carbonyl (C=O) groups excluding carboxylic acids is 2. The van der Waals surface area contributed by atoms with E-state index in [1.54, 1.807) is 18.2 Å². The number of thiophene rings is 1. The normalized spacial score (nSPS) is 13.8. The highest BCUT2D eigenvalue weighted by atomic mass is 35.5. The van der Waals surface area contributed by atoms with Crippen molar-refractivity contribution in [3.05, 3.63) is 49.8 Å². The first kappa shape index (κ1) is 20.2. The number of hydrogen-bond donors (Lipinski definition) is 1. The first-order chi connectivity index (χ1) is 12.9. The maximum absolute atomic E-state index is 12.8. The number of carbonyl (C=O) groups is 2. The van der Waals surface area contributed by atoms with Crippen LogP contribution in [-0.4, -0.2) is 18.0 Å². The Morgan fingerprint density at radius 2 is 1.74 bits per heavy atom. The average molecular weight is 426 g/mol. The number of ether oxygens (including phenoxy) is 1. The van der Waals surface area contributed by atoms with Gasteiger partial charge in [-0.25, -0.2) is 4.79 Å². The van der Waals surface area contributed by atoms with Crippen molar-refractivity contribution >= 4 is 51.4 Å². The van der Waals surface area contributed by atoms with Gasteiger partial charge in [0.15, 0.2) is 0 Å². The van der Waals surface area contributed by atoms with Crippen molar-refractivity contribution in [3.63, 3.8) is 0 Å². The predicted molar refractivity (Wildman–Crippen MR) is 111 cm³/mol. The number of esters is 1. The van der Waals surface area contributed by atoms with Crippen LogP contribution in [0.4, 0.5) is 5.00 Å². The fourth-order valence-electron chi connectivity index (χ4n) is 3.20. The lowest BCUT2D eigenvalue weighted by Crippen LogP contribution is -2.18. The van der Waals surface area contributed by atoms with Crippen molar-refractivity contribution in [2.45, 2.75) is 52.1 Å². The molecule has 1 aromatic heterocycles. The Bertz CT molecular complexity index is 856. The summed E-state index contributed by atoms with van der Waals surface area (Å²) in [7, 11) is 0. The van der Waals surface area contributed by atoms with E-state index in [1.165, 1.54) is 11.3 Å². The Balaban J connectivity index is 1.99. The van der Waals surface area contributed by atoms with Crippen molar-refractivity contribution in [2.75, 3.05) is 5.32 Å². The number of aryl methyl sites for hydroxylation is 1. The molecule has 0 spiro atoms. The number of hydrogen-bond acceptors (Lipinski definition) is 4. The molecule has 1 aliphatic rings. The van der Waals surface area contributed by atoms with Gasteiger partial charge in [-0.2, -0.15) is 0 Å². The zero-order valence-electron chi connectivity index (χ0n) is 15.2. The summed E-state index contributed by atoms with van der Waals surface area (Å²) in [4.78, 5) is 26.7. The quantitative estimate of drug-likeness (QED) is 0.472. The van der Waals surface area contributed by atoms with Gasteiger partial charge in [0.25, 0.3) is 5.91 Å². The number of rotatable bonds is 4. The maximum atomic E-state index is 12.8. The summed E-state index contributed by atoms with van der Waals surface area (Å²) in [5.41, 5.74) is 1.68. The molecule has 0 unspecified atom stereocenters. The first-order valence-corrected chi connectivity index (χ1v) is 10.6. The molecule has 4 nitrogen and oxygen atoms in total. The van der Waals surface area contributed by atoms with Crippen molar-refractivity contribution in [1.82, 2.24) is 0 Å². The van der Waals surface area contributed by atoms with E-state index >= 15 is 0 Å². The van der Waals surface area contributed by atoms with Crippen LogP contribution in [0.15, 0.2) is 18.2 Å². The van der Waals surface area contributed by atoms with Gasteiger partial charge in [-0.05, 0) is 57.2 Å². The molecule has 1 aliphatic carbocycles. The third kappa shape index (κ3) is 4.48. The summed E-state index contributed by atoms with van der Waals surface area (Å²) in [6.07, 6.45) is 4.73. The van der Waals surface area contributed by atoms with Crippen LogP contribution < -0.4 is 5.32 Å². The molecule has 0 radical (unpaired) electrons. The van der Waals surface area contributed by atoms with Crippen LogP contribution >= 0.6 is 34.5 Å². The van der Waals surface area contributed by atoms with Crippen LogP contribution in [0.25, 0.3) is 0 Å². The summed E-state index contributed by atoms with van der Waals surface area (Å²) in [6, 6.07) is 4.90. The fraction of sp³-hybridized carbons (Fsp3) is 0.400. The smallest absolute Gasteiger partial charge is 0.341 e. The monoisotopic (exact) mass is 425 g/mol. The van der Waals surface area contributed by atoms with Crippen molar-refractivity contribution in [3.8, 4) is 0 Å². The second-order valence-corrected chi connectivity index (χ2v) is 8.69. The molecule has 2 aromatic rings. The Kier molecular flexibility index (Phi) is 6.45. The molecule has 3 rings (SSSR count).